The molecule has 0 bridgehead atoms. The lowest BCUT2D eigenvalue weighted by molar-refractivity contribution is -0.130. The van der Waals surface area contributed by atoms with E-state index >= 15 is 0 Å². The van der Waals surface area contributed by atoms with Gasteiger partial charge in [0.05, 0.1) is 0 Å². The van der Waals surface area contributed by atoms with Gasteiger partial charge < -0.3 is 25.2 Å². The van der Waals surface area contributed by atoms with Crippen molar-refractivity contribution >= 4 is 18.0 Å². The van der Waals surface area contributed by atoms with E-state index in [-0.39, 0.29) is 6.09 Å². The van der Waals surface area contributed by atoms with Crippen LogP contribution in [0.1, 0.15) is 72.6 Å². The van der Waals surface area contributed by atoms with Crippen molar-refractivity contribution in [3.8, 4) is 0 Å². The summed E-state index contributed by atoms with van der Waals surface area (Å²) >= 11 is 0. The first-order valence-corrected chi connectivity index (χ1v) is 12.1. The molecule has 0 radical (unpaired) electrons. The van der Waals surface area contributed by atoms with E-state index < -0.39 is 5.60 Å². The van der Waals surface area contributed by atoms with Gasteiger partial charge in [-0.1, -0.05) is 6.42 Å². The second-order valence-corrected chi connectivity index (χ2v) is 9.60. The molecule has 0 aromatic heterocycles. The lowest BCUT2D eigenvalue weighted by atomic mass is 9.97. The van der Waals surface area contributed by atoms with E-state index in [0.29, 0.717) is 18.2 Å². The van der Waals surface area contributed by atoms with Gasteiger partial charge in [-0.2, -0.15) is 0 Å². The van der Waals surface area contributed by atoms with Gasteiger partial charge in [-0.15, -0.1) is 0 Å². The van der Waals surface area contributed by atoms with Gasteiger partial charge in [0.15, 0.2) is 5.96 Å². The lowest BCUT2D eigenvalue weighted by Crippen LogP contribution is -2.42. The van der Waals surface area contributed by atoms with Crippen LogP contribution in [0.2, 0.25) is 0 Å². The first-order valence-electron chi connectivity index (χ1n) is 12.1. The lowest BCUT2D eigenvalue weighted by Gasteiger charge is -2.33. The van der Waals surface area contributed by atoms with E-state index in [4.69, 9.17) is 9.73 Å². The quantitative estimate of drug-likeness (QED) is 0.363. The zero-order chi connectivity index (χ0) is 22.7. The number of nitrogens with zero attached hydrogens (tertiary/aromatic N) is 3. The molecule has 0 aromatic rings. The predicted molar refractivity (Wildman–Crippen MR) is 124 cm³/mol. The molecule has 2 fully saturated rings. The van der Waals surface area contributed by atoms with Crippen LogP contribution in [0.25, 0.3) is 0 Å². The minimum Gasteiger partial charge on any atom is -0.444 e. The van der Waals surface area contributed by atoms with Crippen molar-refractivity contribution in [2.75, 3.05) is 45.8 Å². The molecule has 8 nitrogen and oxygen atoms in total. The van der Waals surface area contributed by atoms with E-state index in [9.17, 15) is 9.59 Å². The van der Waals surface area contributed by atoms with Crippen molar-refractivity contribution in [2.45, 2.75) is 78.2 Å². The second kappa shape index (κ2) is 12.8. The van der Waals surface area contributed by atoms with Crippen LogP contribution in [0.15, 0.2) is 4.99 Å². The normalized spacial score (nSPS) is 19.2. The Hall–Kier alpha value is -1.99. The SMILES string of the molecule is CCNC(=NCC1CCN(C(=O)OC(C)(C)C)CC1)NCCCN1CCCCCC1=O. The monoisotopic (exact) mass is 437 g/mol. The van der Waals surface area contributed by atoms with Crippen LogP contribution in [0.5, 0.6) is 0 Å². The molecule has 0 atom stereocenters. The average Bonchev–Trinajstić information content (AvgIpc) is 2.92. The van der Waals surface area contributed by atoms with Crippen molar-refractivity contribution in [1.82, 2.24) is 20.4 Å². The Morgan fingerprint density at radius 3 is 2.55 bits per heavy atom. The minimum absolute atomic E-state index is 0.215. The molecule has 8 heteroatoms. The Bertz CT molecular complexity index is 595. The van der Waals surface area contributed by atoms with Crippen LogP contribution in [-0.2, 0) is 9.53 Å². The number of aliphatic imine (C=N–C) groups is 1. The highest BCUT2D eigenvalue weighted by atomic mass is 16.6. The number of carbonyl (C=O) groups excluding carboxylic acids is 2. The fourth-order valence-corrected chi connectivity index (χ4v) is 3.94. The van der Waals surface area contributed by atoms with Crippen molar-refractivity contribution in [2.24, 2.45) is 10.9 Å². The van der Waals surface area contributed by atoms with Gasteiger partial charge in [-0.3, -0.25) is 9.79 Å². The van der Waals surface area contributed by atoms with E-state index in [2.05, 4.69) is 17.6 Å². The average molecular weight is 438 g/mol. The van der Waals surface area contributed by atoms with Crippen LogP contribution >= 0.6 is 0 Å². The number of hydrogen-bond acceptors (Lipinski definition) is 4. The number of nitrogens with one attached hydrogen (secondary N) is 2. The summed E-state index contributed by atoms with van der Waals surface area (Å²) in [7, 11) is 0. The predicted octanol–water partition coefficient (Wildman–Crippen LogP) is 2.98. The second-order valence-electron chi connectivity index (χ2n) is 9.60. The smallest absolute Gasteiger partial charge is 0.410 e. The van der Waals surface area contributed by atoms with Crippen molar-refractivity contribution in [1.29, 1.82) is 0 Å². The topological polar surface area (TPSA) is 86.3 Å². The molecule has 0 aromatic carbocycles. The summed E-state index contributed by atoms with van der Waals surface area (Å²) in [5.41, 5.74) is -0.453. The van der Waals surface area contributed by atoms with E-state index in [1.54, 1.807) is 4.90 Å². The molecule has 2 N–H and O–H groups in total. The zero-order valence-corrected chi connectivity index (χ0v) is 20.0. The van der Waals surface area contributed by atoms with Gasteiger partial charge in [0.1, 0.15) is 5.60 Å². The van der Waals surface area contributed by atoms with E-state index in [0.717, 1.165) is 90.3 Å². The van der Waals surface area contributed by atoms with Gasteiger partial charge >= 0.3 is 6.09 Å². The molecule has 2 aliphatic rings. The standard InChI is InChI=1S/C23H43N5O3/c1-5-24-21(25-13-9-15-27-14-8-6-7-10-20(27)29)26-18-19-11-16-28(17-12-19)22(30)31-23(2,3)4/h19H,5-18H2,1-4H3,(H2,24,25,26). The van der Waals surface area contributed by atoms with Crippen LogP contribution in [0.3, 0.4) is 0 Å². The third kappa shape index (κ3) is 9.78. The maximum absolute atomic E-state index is 12.2. The maximum Gasteiger partial charge on any atom is 0.410 e. The van der Waals surface area contributed by atoms with E-state index in [1.807, 2.05) is 25.7 Å². The van der Waals surface area contributed by atoms with Crippen LogP contribution in [-0.4, -0.2) is 79.2 Å². The fraction of sp³-hybridized carbons (Fsp3) is 0.870. The largest absolute Gasteiger partial charge is 0.444 e. The van der Waals surface area contributed by atoms with Crippen LogP contribution in [0, 0.1) is 5.92 Å². The van der Waals surface area contributed by atoms with Gasteiger partial charge in [0.2, 0.25) is 5.91 Å². The molecule has 2 saturated heterocycles. The molecule has 31 heavy (non-hydrogen) atoms. The van der Waals surface area contributed by atoms with Gasteiger partial charge in [0.25, 0.3) is 0 Å². The highest BCUT2D eigenvalue weighted by Crippen LogP contribution is 2.20. The van der Waals surface area contributed by atoms with Crippen LogP contribution < -0.4 is 10.6 Å². The molecule has 2 aliphatic heterocycles. The fourth-order valence-electron chi connectivity index (χ4n) is 3.94. The Labute approximate surface area is 188 Å². The number of hydrogen-bond donors (Lipinski definition) is 2. The summed E-state index contributed by atoms with van der Waals surface area (Å²) in [5.74, 6) is 1.61. The first-order chi connectivity index (χ1) is 14.8. The third-order valence-electron chi connectivity index (χ3n) is 5.69. The summed E-state index contributed by atoms with van der Waals surface area (Å²) in [6.45, 7) is 13.3. The third-order valence-corrected chi connectivity index (χ3v) is 5.69. The highest BCUT2D eigenvalue weighted by molar-refractivity contribution is 5.79. The Morgan fingerprint density at radius 2 is 1.87 bits per heavy atom. The molecule has 2 rings (SSSR count). The molecule has 2 heterocycles. The van der Waals surface area contributed by atoms with Crippen LogP contribution in [0.4, 0.5) is 4.79 Å². The molecule has 178 valence electrons. The maximum atomic E-state index is 12.2. The molecule has 0 spiro atoms. The molecule has 0 unspecified atom stereocenters. The minimum atomic E-state index is -0.453. The Kier molecular flexibility index (Phi) is 10.4. The van der Waals surface area contributed by atoms with E-state index in [1.165, 1.54) is 0 Å². The molecular formula is C23H43N5O3. The highest BCUT2D eigenvalue weighted by Gasteiger charge is 2.26. The Balaban J connectivity index is 1.70. The summed E-state index contributed by atoms with van der Waals surface area (Å²) in [5, 5.41) is 6.71. The summed E-state index contributed by atoms with van der Waals surface area (Å²) in [6.07, 6.45) is 6.60. The van der Waals surface area contributed by atoms with Crippen molar-refractivity contribution in [3.05, 3.63) is 0 Å². The zero-order valence-electron chi connectivity index (χ0n) is 20.0. The molecular weight excluding hydrogens is 394 g/mol. The number of ether oxygens (including phenoxy) is 1. The number of amides is 2. The van der Waals surface area contributed by atoms with Crippen molar-refractivity contribution < 1.29 is 14.3 Å². The van der Waals surface area contributed by atoms with Gasteiger partial charge in [0, 0.05) is 52.2 Å². The molecule has 2 amide bonds. The summed E-state index contributed by atoms with van der Waals surface area (Å²) in [6, 6.07) is 0. The number of guanidine groups is 1. The summed E-state index contributed by atoms with van der Waals surface area (Å²) in [4.78, 5) is 32.9. The number of rotatable bonds is 7. The number of carbonyl (C=O) groups is 2. The first kappa shape index (κ1) is 25.3. The summed E-state index contributed by atoms with van der Waals surface area (Å²) < 4.78 is 5.47. The molecule has 0 saturated carbocycles. The number of likely N-dealkylation sites (tertiary alicyclic amines) is 2. The number of piperidine rings is 1. The molecule has 0 aliphatic carbocycles. The van der Waals surface area contributed by atoms with Crippen molar-refractivity contribution in [3.63, 3.8) is 0 Å². The van der Waals surface area contributed by atoms with Gasteiger partial charge in [-0.05, 0) is 65.7 Å². The van der Waals surface area contributed by atoms with Gasteiger partial charge in [-0.25, -0.2) is 4.79 Å². The Morgan fingerprint density at radius 1 is 1.13 bits per heavy atom.